The summed E-state index contributed by atoms with van der Waals surface area (Å²) in [4.78, 5) is 23.2. The highest BCUT2D eigenvalue weighted by molar-refractivity contribution is 14.1. The van der Waals surface area contributed by atoms with E-state index < -0.39 is 25.2 Å². The molecular weight excluding hydrogens is 1100 g/mol. The van der Waals surface area contributed by atoms with Gasteiger partial charge in [-0.15, -0.1) is 22.7 Å². The molecule has 0 aliphatic heterocycles. The highest BCUT2D eigenvalue weighted by Crippen LogP contribution is 2.38. The van der Waals surface area contributed by atoms with E-state index in [9.17, 15) is 26.3 Å². The van der Waals surface area contributed by atoms with Gasteiger partial charge in [0, 0.05) is 96.9 Å². The van der Waals surface area contributed by atoms with Crippen molar-refractivity contribution >= 4 is 94.4 Å². The van der Waals surface area contributed by atoms with Crippen molar-refractivity contribution in [1.82, 2.24) is 50.1 Å². The van der Waals surface area contributed by atoms with Crippen molar-refractivity contribution in [2.24, 2.45) is 14.1 Å². The first-order chi connectivity index (χ1) is 34.8. The summed E-state index contributed by atoms with van der Waals surface area (Å²) in [5.41, 5.74) is 10.4. The number of nitrogen functional groups attached to an aromatic ring is 1. The first-order valence-corrected chi connectivity index (χ1v) is 26.4. The average Bonchev–Trinajstić information content (AvgIpc) is 4.22. The molecule has 6 aromatic heterocycles. The molecule has 73 heavy (non-hydrogen) atoms. The van der Waals surface area contributed by atoms with Crippen molar-refractivity contribution < 1.29 is 26.3 Å². The number of hydrogen-bond donors (Lipinski definition) is 4. The Bertz CT molecular complexity index is 3010. The van der Waals surface area contributed by atoms with Crippen LogP contribution in [0.2, 0.25) is 0 Å². The van der Waals surface area contributed by atoms with Crippen LogP contribution in [0.1, 0.15) is 59.4 Å². The molecule has 0 bridgehead atoms. The van der Waals surface area contributed by atoms with Gasteiger partial charge in [-0.05, 0) is 109 Å². The topological polar surface area (TPSA) is 156 Å². The van der Waals surface area contributed by atoms with Gasteiger partial charge in [0.1, 0.15) is 34.0 Å². The molecule has 6 heterocycles. The monoisotopic (exact) mass is 1160 g/mol. The number of thiophene rings is 2. The number of rotatable bonds is 14. The lowest BCUT2D eigenvalue weighted by Gasteiger charge is -2.26. The summed E-state index contributed by atoms with van der Waals surface area (Å²) in [7, 11) is 7.67. The minimum Gasteiger partial charge on any atom is -0.396 e. The van der Waals surface area contributed by atoms with E-state index in [2.05, 4.69) is 127 Å². The van der Waals surface area contributed by atoms with Crippen molar-refractivity contribution in [3.05, 3.63) is 123 Å². The quantitative estimate of drug-likeness (QED) is 0.0605. The predicted molar refractivity (Wildman–Crippen MR) is 287 cm³/mol. The standard InChI is InChI=1S/C25H28F3N7S.C21H22F3IN4S.C4H7N3/c1-34-14-19(13-32-34)33-17-5-3-16(4-6-17)12-29-18-7-8-20(9-18)35(2)23-22-10-21(11-25(26,27)28)36-24(22)31-15-30-23;1-29(16-7-6-15(8-16)26-11-13-2-4-14(25)5-3-13)19-18-9-17(10-21(22,23)24)30-20(18)28-12-27-19;1-7-3-4(5)2-6-7/h3-6,10,13-15,18,20,29,33H,7-9,11-12H2,1-2H3;2-5,9,12,15-16,26H,6-8,10-11H2,1H3;2-3H,5H2,1H3/t18-,20+;15-,16+;/m00./s1. The summed E-state index contributed by atoms with van der Waals surface area (Å²) in [6.45, 7) is 1.61. The van der Waals surface area contributed by atoms with Gasteiger partial charge in [-0.2, -0.15) is 36.5 Å². The Hall–Kier alpha value is -5.63. The van der Waals surface area contributed by atoms with Gasteiger partial charge in [-0.3, -0.25) is 9.36 Å². The number of nitrogens with zero attached hydrogens (tertiary/aromatic N) is 10. The number of anilines is 5. The second-order valence-corrected chi connectivity index (χ2v) is 21.9. The number of hydrogen-bond acceptors (Lipinski definition) is 14. The first kappa shape index (κ1) is 53.7. The SMILES string of the molecule is CN(c1ncnc2sc(CC(F)(F)F)cc12)[C@@H]1CC[C@H](NCc2ccc(I)cc2)C1.CN(c1ncnc2sc(CC(F)(F)F)cc12)[C@@H]1CC[C@H](NCc2ccc(Nc3cnn(C)c3)cc2)C1.Cn1cc(N)cn1. The van der Waals surface area contributed by atoms with E-state index in [1.54, 1.807) is 40.1 Å². The summed E-state index contributed by atoms with van der Waals surface area (Å²) >= 11 is 4.48. The molecule has 2 aromatic carbocycles. The number of halogens is 7. The molecule has 2 aliphatic carbocycles. The molecule has 0 unspecified atom stereocenters. The van der Waals surface area contributed by atoms with Gasteiger partial charge < -0.3 is 31.5 Å². The number of alkyl halides is 6. The molecule has 23 heteroatoms. The molecule has 2 saturated carbocycles. The maximum Gasteiger partial charge on any atom is 0.393 e. The maximum absolute atomic E-state index is 12.9. The van der Waals surface area contributed by atoms with Crippen molar-refractivity contribution in [2.75, 3.05) is 34.9 Å². The molecule has 388 valence electrons. The average molecular weight is 1160 g/mol. The fourth-order valence-electron chi connectivity index (χ4n) is 9.18. The predicted octanol–water partition coefficient (Wildman–Crippen LogP) is 11.0. The van der Waals surface area contributed by atoms with Gasteiger partial charge in [0.2, 0.25) is 0 Å². The molecule has 14 nitrogen and oxygen atoms in total. The summed E-state index contributed by atoms with van der Waals surface area (Å²) < 4.78 is 81.6. The van der Waals surface area contributed by atoms with Crippen LogP contribution in [-0.4, -0.2) is 90.1 Å². The molecule has 8 aromatic rings. The summed E-state index contributed by atoms with van der Waals surface area (Å²) in [6, 6.07) is 21.4. The third-order valence-corrected chi connectivity index (χ3v) is 15.6. The maximum atomic E-state index is 12.9. The fraction of sp³-hybridized carbons (Fsp3) is 0.400. The van der Waals surface area contributed by atoms with Crippen LogP contribution >= 0.6 is 45.3 Å². The van der Waals surface area contributed by atoms with Gasteiger partial charge in [0.15, 0.2) is 0 Å². The molecule has 2 fully saturated rings. The van der Waals surface area contributed by atoms with Crippen LogP contribution in [0.4, 0.5) is 55.0 Å². The van der Waals surface area contributed by atoms with Gasteiger partial charge >= 0.3 is 12.4 Å². The van der Waals surface area contributed by atoms with Crippen LogP contribution in [-0.2, 0) is 40.0 Å². The zero-order valence-corrected chi connectivity index (χ0v) is 44.4. The third-order valence-electron chi connectivity index (χ3n) is 12.8. The van der Waals surface area contributed by atoms with Crippen molar-refractivity contribution in [1.29, 1.82) is 0 Å². The minimum absolute atomic E-state index is 0.262. The molecule has 2 aliphatic rings. The number of fused-ring (bicyclic) bond motifs is 2. The van der Waals surface area contributed by atoms with E-state index in [4.69, 9.17) is 5.73 Å². The molecule has 0 saturated heterocycles. The first-order valence-electron chi connectivity index (χ1n) is 23.7. The summed E-state index contributed by atoms with van der Waals surface area (Å²) in [5.74, 6) is 1.42. The van der Waals surface area contributed by atoms with E-state index in [1.165, 1.54) is 27.4 Å². The molecule has 0 amide bonds. The lowest BCUT2D eigenvalue weighted by molar-refractivity contribution is -0.127. The molecule has 10 rings (SSSR count). The number of nitrogens with two attached hydrogens (primary N) is 1. The molecule has 4 atom stereocenters. The zero-order chi connectivity index (χ0) is 51.9. The van der Waals surface area contributed by atoms with E-state index >= 15 is 0 Å². The van der Waals surface area contributed by atoms with Gasteiger partial charge in [-0.25, -0.2) is 19.9 Å². The third kappa shape index (κ3) is 15.2. The Morgan fingerprint density at radius 1 is 0.644 bits per heavy atom. The van der Waals surface area contributed by atoms with Gasteiger partial charge in [0.05, 0.1) is 47.4 Å². The number of benzene rings is 2. The van der Waals surface area contributed by atoms with Crippen molar-refractivity contribution in [2.45, 2.75) is 101 Å². The zero-order valence-electron chi connectivity index (χ0n) is 40.6. The van der Waals surface area contributed by atoms with Gasteiger partial charge in [0.25, 0.3) is 0 Å². The minimum atomic E-state index is -4.24. The van der Waals surface area contributed by atoms with Crippen LogP contribution in [0.25, 0.3) is 20.4 Å². The number of aryl methyl sites for hydroxylation is 2. The molecular formula is C50H57F6IN14S2. The lowest BCUT2D eigenvalue weighted by atomic mass is 10.1. The van der Waals surface area contributed by atoms with Crippen LogP contribution in [0.5, 0.6) is 0 Å². The van der Waals surface area contributed by atoms with Gasteiger partial charge in [-0.1, -0.05) is 24.3 Å². The smallest absolute Gasteiger partial charge is 0.393 e. The highest BCUT2D eigenvalue weighted by Gasteiger charge is 2.33. The Labute approximate surface area is 441 Å². The molecule has 0 spiro atoms. The van der Waals surface area contributed by atoms with Crippen LogP contribution < -0.4 is 31.5 Å². The van der Waals surface area contributed by atoms with Crippen LogP contribution in [0.3, 0.4) is 0 Å². The molecule has 0 radical (unpaired) electrons. The second kappa shape index (κ2) is 23.7. The van der Waals surface area contributed by atoms with Crippen LogP contribution in [0.15, 0.2) is 98.1 Å². The lowest BCUT2D eigenvalue weighted by Crippen LogP contribution is -2.33. The summed E-state index contributed by atoms with van der Waals surface area (Å²) in [6.07, 6.45) is 5.69. The number of aromatic nitrogens is 8. The second-order valence-electron chi connectivity index (χ2n) is 18.5. The Balaban J connectivity index is 0.000000174. The van der Waals surface area contributed by atoms with E-state index in [1.807, 2.05) is 34.4 Å². The van der Waals surface area contributed by atoms with Crippen LogP contribution in [0, 0.1) is 3.57 Å². The fourth-order valence-corrected chi connectivity index (χ4v) is 11.6. The molecule has 5 N–H and O–H groups in total. The normalized spacial score (nSPS) is 17.8. The number of nitrogens with one attached hydrogen (secondary N) is 3. The highest BCUT2D eigenvalue weighted by atomic mass is 127. The summed E-state index contributed by atoms with van der Waals surface area (Å²) in [5, 5.41) is 20.0. The Morgan fingerprint density at radius 3 is 1.52 bits per heavy atom. The largest absolute Gasteiger partial charge is 0.396 e. The van der Waals surface area contributed by atoms with E-state index in [0.717, 1.165) is 85.7 Å². The van der Waals surface area contributed by atoms with E-state index in [0.29, 0.717) is 55.9 Å². The van der Waals surface area contributed by atoms with Crippen molar-refractivity contribution in [3.63, 3.8) is 0 Å². The Morgan fingerprint density at radius 2 is 1.11 bits per heavy atom. The van der Waals surface area contributed by atoms with Crippen molar-refractivity contribution in [3.8, 4) is 0 Å². The Kier molecular flexibility index (Phi) is 17.4. The van der Waals surface area contributed by atoms with E-state index in [-0.39, 0.29) is 15.8 Å².